The van der Waals surface area contributed by atoms with Gasteiger partial charge in [0.25, 0.3) is 0 Å². The zero-order valence-corrected chi connectivity index (χ0v) is 20.8. The van der Waals surface area contributed by atoms with Crippen molar-refractivity contribution in [2.75, 3.05) is 38.3 Å². The molecular formula is C27H32N4O6. The van der Waals surface area contributed by atoms with Gasteiger partial charge in [-0.25, -0.2) is 4.79 Å². The summed E-state index contributed by atoms with van der Waals surface area (Å²) in [6, 6.07) is 17.8. The SMILES string of the molecule is CN(/N=C/c1ccc(C2=NOC(CC3(OCC(=O)O)CCN(CC(=O)O)CC3)C2)cc1)c1ccccc1. The Morgan fingerprint density at radius 2 is 1.84 bits per heavy atom. The van der Waals surface area contributed by atoms with Crippen molar-refractivity contribution >= 4 is 29.6 Å². The molecule has 2 aromatic carbocycles. The Morgan fingerprint density at radius 3 is 2.49 bits per heavy atom. The number of rotatable bonds is 11. The average molecular weight is 509 g/mol. The number of carboxylic acids is 2. The molecule has 37 heavy (non-hydrogen) atoms. The molecule has 1 fully saturated rings. The summed E-state index contributed by atoms with van der Waals surface area (Å²) in [6.45, 7) is 0.608. The Hall–Kier alpha value is -3.76. The maximum absolute atomic E-state index is 11.2. The number of likely N-dealkylation sites (tertiary alicyclic amines) is 1. The molecule has 4 rings (SSSR count). The van der Waals surface area contributed by atoms with E-state index in [0.29, 0.717) is 38.8 Å². The van der Waals surface area contributed by atoms with Crippen LogP contribution in [-0.4, -0.2) is 84.0 Å². The van der Waals surface area contributed by atoms with Crippen LogP contribution in [0.1, 0.15) is 36.8 Å². The molecule has 10 heteroatoms. The first-order valence-corrected chi connectivity index (χ1v) is 12.3. The Labute approximate surface area is 215 Å². The topological polar surface area (TPSA) is 124 Å². The fraction of sp³-hybridized carbons (Fsp3) is 0.407. The van der Waals surface area contributed by atoms with Gasteiger partial charge in [0, 0.05) is 33.0 Å². The molecule has 196 valence electrons. The first-order valence-electron chi connectivity index (χ1n) is 12.3. The summed E-state index contributed by atoms with van der Waals surface area (Å²) in [6.07, 6.45) is 3.71. The van der Waals surface area contributed by atoms with Gasteiger partial charge in [0.2, 0.25) is 0 Å². The summed E-state index contributed by atoms with van der Waals surface area (Å²) < 4.78 is 5.86. The van der Waals surface area contributed by atoms with Gasteiger partial charge in [0.1, 0.15) is 12.7 Å². The van der Waals surface area contributed by atoms with Gasteiger partial charge >= 0.3 is 11.9 Å². The summed E-state index contributed by atoms with van der Waals surface area (Å²) in [5.41, 5.74) is 3.04. The molecule has 2 N–H and O–H groups in total. The minimum Gasteiger partial charge on any atom is -0.480 e. The second kappa shape index (κ2) is 12.0. The molecule has 2 aliphatic rings. The second-order valence-electron chi connectivity index (χ2n) is 9.43. The van der Waals surface area contributed by atoms with Gasteiger partial charge in [-0.3, -0.25) is 14.7 Å². The molecule has 2 aliphatic heterocycles. The summed E-state index contributed by atoms with van der Waals surface area (Å²) >= 11 is 0. The fourth-order valence-electron chi connectivity index (χ4n) is 4.68. The predicted octanol–water partition coefficient (Wildman–Crippen LogP) is 3.06. The Kier molecular flexibility index (Phi) is 8.52. The van der Waals surface area contributed by atoms with Crippen LogP contribution >= 0.6 is 0 Å². The zero-order chi connectivity index (χ0) is 26.3. The van der Waals surface area contributed by atoms with Crippen LogP contribution in [0.2, 0.25) is 0 Å². The molecule has 2 heterocycles. The van der Waals surface area contributed by atoms with Gasteiger partial charge < -0.3 is 19.8 Å². The van der Waals surface area contributed by atoms with Crippen molar-refractivity contribution in [1.82, 2.24) is 4.90 Å². The minimum atomic E-state index is -1.03. The minimum absolute atomic E-state index is 0.0363. The molecule has 0 amide bonds. The smallest absolute Gasteiger partial charge is 0.329 e. The van der Waals surface area contributed by atoms with Crippen LogP contribution in [0, 0.1) is 0 Å². The molecule has 0 aliphatic carbocycles. The van der Waals surface area contributed by atoms with E-state index in [-0.39, 0.29) is 12.6 Å². The van der Waals surface area contributed by atoms with Gasteiger partial charge in [-0.1, -0.05) is 47.6 Å². The van der Waals surface area contributed by atoms with Gasteiger partial charge in [-0.15, -0.1) is 0 Å². The molecule has 2 aromatic rings. The number of para-hydroxylation sites is 1. The van der Waals surface area contributed by atoms with Crippen molar-refractivity contribution in [3.63, 3.8) is 0 Å². The number of carboxylic acid groups (broad SMARTS) is 2. The third kappa shape index (κ3) is 7.37. The van der Waals surface area contributed by atoms with E-state index in [1.54, 1.807) is 6.21 Å². The summed E-state index contributed by atoms with van der Waals surface area (Å²) in [4.78, 5) is 29.8. The summed E-state index contributed by atoms with van der Waals surface area (Å²) in [5, 5.41) is 28.8. The predicted molar refractivity (Wildman–Crippen MR) is 139 cm³/mol. The Bertz CT molecular complexity index is 1130. The summed E-state index contributed by atoms with van der Waals surface area (Å²) in [5.74, 6) is -1.91. The normalized spacial score (nSPS) is 19.4. The lowest BCUT2D eigenvalue weighted by Crippen LogP contribution is -2.49. The second-order valence-corrected chi connectivity index (χ2v) is 9.43. The number of anilines is 1. The lowest BCUT2D eigenvalue weighted by Gasteiger charge is -2.41. The standard InChI is InChI=1S/C27H32N4O6/c1-30(22-5-3-2-4-6-22)28-17-20-7-9-21(10-8-20)24-15-23(37-29-24)16-27(36-19-26(34)35)11-13-31(14-12-27)18-25(32)33/h2-10,17,23H,11-16,18-19H2,1H3,(H,32,33)(H,34,35)/b28-17+. The highest BCUT2D eigenvalue weighted by atomic mass is 16.6. The van der Waals surface area contributed by atoms with Crippen molar-refractivity contribution in [3.8, 4) is 0 Å². The van der Waals surface area contributed by atoms with Gasteiger partial charge in [0.15, 0.2) is 0 Å². The van der Waals surface area contributed by atoms with Crippen LogP contribution in [0.5, 0.6) is 0 Å². The molecular weight excluding hydrogens is 476 g/mol. The van der Waals surface area contributed by atoms with E-state index in [1.807, 2.05) is 71.6 Å². The van der Waals surface area contributed by atoms with E-state index in [1.165, 1.54) is 0 Å². The van der Waals surface area contributed by atoms with Gasteiger partial charge in [-0.2, -0.15) is 5.10 Å². The number of piperidine rings is 1. The van der Waals surface area contributed by atoms with Crippen molar-refractivity contribution in [3.05, 3.63) is 65.7 Å². The molecule has 0 radical (unpaired) electrons. The lowest BCUT2D eigenvalue weighted by atomic mass is 9.84. The number of nitrogens with zero attached hydrogens (tertiary/aromatic N) is 4. The number of oxime groups is 1. The number of hydrogen-bond donors (Lipinski definition) is 2. The highest BCUT2D eigenvalue weighted by Crippen LogP contribution is 2.34. The van der Waals surface area contributed by atoms with E-state index in [9.17, 15) is 9.59 Å². The van der Waals surface area contributed by atoms with Crippen LogP contribution in [-0.2, 0) is 19.2 Å². The number of hydrazone groups is 1. The lowest BCUT2D eigenvalue weighted by molar-refractivity contribution is -0.159. The van der Waals surface area contributed by atoms with Gasteiger partial charge in [0.05, 0.1) is 29.8 Å². The van der Waals surface area contributed by atoms with E-state index in [4.69, 9.17) is 19.8 Å². The van der Waals surface area contributed by atoms with E-state index < -0.39 is 24.1 Å². The molecule has 0 bridgehead atoms. The van der Waals surface area contributed by atoms with Crippen LogP contribution < -0.4 is 5.01 Å². The Morgan fingerprint density at radius 1 is 1.14 bits per heavy atom. The zero-order valence-electron chi connectivity index (χ0n) is 20.8. The van der Waals surface area contributed by atoms with E-state index in [2.05, 4.69) is 10.3 Å². The quantitative estimate of drug-likeness (QED) is 0.351. The van der Waals surface area contributed by atoms with Crippen molar-refractivity contribution < 1.29 is 29.4 Å². The van der Waals surface area contributed by atoms with Crippen LogP contribution in [0.15, 0.2) is 64.9 Å². The van der Waals surface area contributed by atoms with Crippen LogP contribution in [0.4, 0.5) is 5.69 Å². The monoisotopic (exact) mass is 508 g/mol. The summed E-state index contributed by atoms with van der Waals surface area (Å²) in [7, 11) is 1.90. The number of carbonyl (C=O) groups is 2. The first-order chi connectivity index (χ1) is 17.8. The van der Waals surface area contributed by atoms with Crippen molar-refractivity contribution in [2.24, 2.45) is 10.3 Å². The van der Waals surface area contributed by atoms with Gasteiger partial charge in [-0.05, 0) is 36.1 Å². The molecule has 1 unspecified atom stereocenters. The van der Waals surface area contributed by atoms with Crippen molar-refractivity contribution in [1.29, 1.82) is 0 Å². The number of ether oxygens (including phenoxy) is 1. The molecule has 0 aromatic heterocycles. The average Bonchev–Trinajstić information content (AvgIpc) is 3.36. The first kappa shape index (κ1) is 26.3. The fourth-order valence-corrected chi connectivity index (χ4v) is 4.68. The highest BCUT2D eigenvalue weighted by Gasteiger charge is 2.40. The maximum Gasteiger partial charge on any atom is 0.329 e. The third-order valence-electron chi connectivity index (χ3n) is 6.71. The Balaban J connectivity index is 1.33. The molecule has 10 nitrogen and oxygen atoms in total. The van der Waals surface area contributed by atoms with E-state index >= 15 is 0 Å². The third-order valence-corrected chi connectivity index (χ3v) is 6.71. The van der Waals surface area contributed by atoms with E-state index in [0.717, 1.165) is 22.5 Å². The van der Waals surface area contributed by atoms with Crippen molar-refractivity contribution in [2.45, 2.75) is 37.4 Å². The molecule has 0 saturated carbocycles. The maximum atomic E-state index is 11.2. The number of aliphatic carboxylic acids is 2. The largest absolute Gasteiger partial charge is 0.480 e. The molecule has 0 spiro atoms. The number of hydrogen-bond acceptors (Lipinski definition) is 8. The highest BCUT2D eigenvalue weighted by molar-refractivity contribution is 6.01. The number of benzene rings is 2. The molecule has 1 saturated heterocycles. The van der Waals surface area contributed by atoms with Crippen LogP contribution in [0.25, 0.3) is 0 Å². The molecule has 1 atom stereocenters. The van der Waals surface area contributed by atoms with Crippen LogP contribution in [0.3, 0.4) is 0 Å².